The fraction of sp³-hybridized carbons (Fsp3) is 1.00. The van der Waals surface area contributed by atoms with Gasteiger partial charge in [-0.25, -0.2) is 0 Å². The van der Waals surface area contributed by atoms with Crippen LogP contribution in [0, 0.1) is 0 Å². The number of rotatable bonds is 0. The Hall–Kier alpha value is 0.0200. The van der Waals surface area contributed by atoms with Gasteiger partial charge in [0.05, 0.1) is 0 Å². The van der Waals surface area contributed by atoms with E-state index in [0.29, 0.717) is 6.61 Å². The minimum Gasteiger partial charge on any atom is -0.130 e. The van der Waals surface area contributed by atoms with Gasteiger partial charge in [-0.2, -0.15) is 0 Å². The fourth-order valence-corrected chi connectivity index (χ4v) is 1.16. The van der Waals surface area contributed by atoms with E-state index >= 15 is 0 Å². The maximum Gasteiger partial charge on any atom is 0.612 e. The van der Waals surface area contributed by atoms with Crippen molar-refractivity contribution < 1.29 is 9.09 Å². The van der Waals surface area contributed by atoms with Crippen LogP contribution in [0.25, 0.3) is 0 Å². The summed E-state index contributed by atoms with van der Waals surface area (Å²) in [5, 5.41) is 2.67. The van der Waals surface area contributed by atoms with Gasteiger partial charge in [0.15, 0.2) is 0 Å². The first-order valence-electron chi connectivity index (χ1n) is 2.23. The SMILES string of the molecule is O=[P+]1NCCCO1. The minimum atomic E-state index is -1.49. The summed E-state index contributed by atoms with van der Waals surface area (Å²) in [6.07, 6.45) is 0.973. The maximum absolute atomic E-state index is 10.3. The van der Waals surface area contributed by atoms with Crippen molar-refractivity contribution in [2.75, 3.05) is 13.2 Å². The first-order valence-corrected chi connectivity index (χ1v) is 3.41. The molecule has 0 amide bonds. The van der Waals surface area contributed by atoms with Crippen LogP contribution >= 0.6 is 8.18 Å². The Balaban J connectivity index is 2.25. The quantitative estimate of drug-likeness (QED) is 0.477. The average Bonchev–Trinajstić information content (AvgIpc) is 1.69. The van der Waals surface area contributed by atoms with Gasteiger partial charge in [0.1, 0.15) is 6.61 Å². The molecule has 3 nitrogen and oxygen atoms in total. The van der Waals surface area contributed by atoms with Gasteiger partial charge >= 0.3 is 8.18 Å². The molecule has 0 radical (unpaired) electrons. The second kappa shape index (κ2) is 2.36. The highest BCUT2D eigenvalue weighted by Crippen LogP contribution is 2.19. The third-order valence-electron chi connectivity index (χ3n) is 0.771. The normalized spacial score (nSPS) is 27.7. The van der Waals surface area contributed by atoms with Crippen molar-refractivity contribution in [3.63, 3.8) is 0 Å². The highest BCUT2D eigenvalue weighted by Gasteiger charge is 2.20. The summed E-state index contributed by atoms with van der Waals surface area (Å²) in [5.41, 5.74) is 0. The molecule has 0 saturated carbocycles. The van der Waals surface area contributed by atoms with Gasteiger partial charge in [-0.05, 0) is 11.0 Å². The molecule has 1 fully saturated rings. The van der Waals surface area contributed by atoms with E-state index in [1.807, 2.05) is 0 Å². The van der Waals surface area contributed by atoms with Gasteiger partial charge in [0.25, 0.3) is 0 Å². The number of hydrogen-bond donors (Lipinski definition) is 1. The zero-order chi connectivity index (χ0) is 5.11. The molecule has 1 atom stereocenters. The molecular formula is C3H7NO2P+. The summed E-state index contributed by atoms with van der Waals surface area (Å²) < 4.78 is 15.0. The summed E-state index contributed by atoms with van der Waals surface area (Å²) in [7, 11) is -1.49. The van der Waals surface area contributed by atoms with Crippen molar-refractivity contribution in [3.8, 4) is 0 Å². The summed E-state index contributed by atoms with van der Waals surface area (Å²) in [4.78, 5) is 0. The number of hydrogen-bond acceptors (Lipinski definition) is 2. The molecule has 7 heavy (non-hydrogen) atoms. The lowest BCUT2D eigenvalue weighted by atomic mass is 10.5. The van der Waals surface area contributed by atoms with E-state index in [4.69, 9.17) is 0 Å². The van der Waals surface area contributed by atoms with Crippen LogP contribution < -0.4 is 5.09 Å². The molecule has 1 unspecified atom stereocenters. The van der Waals surface area contributed by atoms with Crippen molar-refractivity contribution in [1.82, 2.24) is 5.09 Å². The Morgan fingerprint density at radius 3 is 2.86 bits per heavy atom. The summed E-state index contributed by atoms with van der Waals surface area (Å²) in [6, 6.07) is 0. The molecule has 0 spiro atoms. The van der Waals surface area contributed by atoms with Crippen LogP contribution in [0.15, 0.2) is 0 Å². The third-order valence-corrected chi connectivity index (χ3v) is 1.67. The lowest BCUT2D eigenvalue weighted by molar-refractivity contribution is 0.295. The van der Waals surface area contributed by atoms with E-state index in [1.54, 1.807) is 0 Å². The zero-order valence-electron chi connectivity index (χ0n) is 3.89. The Bertz CT molecular complexity index is 77.0. The smallest absolute Gasteiger partial charge is 0.130 e. The molecule has 0 bridgehead atoms. The first kappa shape index (κ1) is 5.16. The largest absolute Gasteiger partial charge is 0.612 e. The van der Waals surface area contributed by atoms with Crippen molar-refractivity contribution in [1.29, 1.82) is 0 Å². The van der Waals surface area contributed by atoms with Gasteiger partial charge < -0.3 is 0 Å². The van der Waals surface area contributed by atoms with Crippen molar-refractivity contribution in [2.45, 2.75) is 6.42 Å². The lowest BCUT2D eigenvalue weighted by Gasteiger charge is -1.96. The van der Waals surface area contributed by atoms with Gasteiger partial charge in [-0.1, -0.05) is 5.09 Å². The second-order valence-corrected chi connectivity index (χ2v) is 2.44. The van der Waals surface area contributed by atoms with Gasteiger partial charge in [0.2, 0.25) is 0 Å². The van der Waals surface area contributed by atoms with Crippen LogP contribution in [0.3, 0.4) is 0 Å². The molecule has 0 aromatic carbocycles. The lowest BCUT2D eigenvalue weighted by Crippen LogP contribution is -2.14. The van der Waals surface area contributed by atoms with Gasteiger partial charge in [0, 0.05) is 6.54 Å². The molecular weight excluding hydrogens is 113 g/mol. The Kier molecular flexibility index (Phi) is 1.74. The standard InChI is InChI=1S/C3H7NO2P/c5-7-4-2-1-3-6-7/h1-3H2,(H,4,5)/q+1. The topological polar surface area (TPSA) is 38.3 Å². The maximum atomic E-state index is 10.3. The van der Waals surface area contributed by atoms with Crippen LogP contribution in [0.1, 0.15) is 6.42 Å². The molecule has 0 aliphatic carbocycles. The Morgan fingerprint density at radius 2 is 2.57 bits per heavy atom. The summed E-state index contributed by atoms with van der Waals surface area (Å²) in [5.74, 6) is 0. The minimum absolute atomic E-state index is 0.641. The predicted molar refractivity (Wildman–Crippen MR) is 26.2 cm³/mol. The van der Waals surface area contributed by atoms with Crippen molar-refractivity contribution in [3.05, 3.63) is 0 Å². The molecule has 4 heteroatoms. The number of nitrogens with one attached hydrogen (secondary N) is 1. The molecule has 1 rings (SSSR count). The molecule has 1 aliphatic heterocycles. The zero-order valence-corrected chi connectivity index (χ0v) is 4.78. The van der Waals surface area contributed by atoms with Crippen LogP contribution in [-0.4, -0.2) is 13.2 Å². The third kappa shape index (κ3) is 1.51. The molecule has 0 aromatic rings. The van der Waals surface area contributed by atoms with E-state index in [9.17, 15) is 4.57 Å². The first-order chi connectivity index (χ1) is 3.39. The fourth-order valence-electron chi connectivity index (χ4n) is 0.436. The molecule has 1 aliphatic rings. The summed E-state index contributed by atoms with van der Waals surface area (Å²) in [6.45, 7) is 1.47. The molecule has 0 aromatic heterocycles. The van der Waals surface area contributed by atoms with E-state index in [2.05, 4.69) is 9.61 Å². The predicted octanol–water partition coefficient (Wildman–Crippen LogP) is 0.654. The van der Waals surface area contributed by atoms with Crippen LogP contribution in [-0.2, 0) is 9.09 Å². The van der Waals surface area contributed by atoms with Crippen molar-refractivity contribution in [2.24, 2.45) is 0 Å². The van der Waals surface area contributed by atoms with Crippen molar-refractivity contribution >= 4 is 8.18 Å². The molecule has 1 N–H and O–H groups in total. The van der Waals surface area contributed by atoms with Crippen LogP contribution in [0.4, 0.5) is 0 Å². The van der Waals surface area contributed by atoms with Crippen LogP contribution in [0.5, 0.6) is 0 Å². The monoisotopic (exact) mass is 120 g/mol. The molecule has 1 heterocycles. The molecule has 1 saturated heterocycles. The van der Waals surface area contributed by atoms with Gasteiger partial charge in [-0.3, -0.25) is 0 Å². The van der Waals surface area contributed by atoms with E-state index in [-0.39, 0.29) is 0 Å². The second-order valence-electron chi connectivity index (χ2n) is 1.35. The highest BCUT2D eigenvalue weighted by atomic mass is 31.1. The van der Waals surface area contributed by atoms with E-state index in [0.717, 1.165) is 13.0 Å². The summed E-state index contributed by atoms with van der Waals surface area (Å²) >= 11 is 0. The Labute approximate surface area is 43.0 Å². The molecule has 40 valence electrons. The van der Waals surface area contributed by atoms with E-state index in [1.165, 1.54) is 0 Å². The van der Waals surface area contributed by atoms with E-state index < -0.39 is 8.18 Å². The highest BCUT2D eigenvalue weighted by molar-refractivity contribution is 7.36. The van der Waals surface area contributed by atoms with Crippen LogP contribution in [0.2, 0.25) is 0 Å². The van der Waals surface area contributed by atoms with Gasteiger partial charge in [-0.15, -0.1) is 4.52 Å². The Morgan fingerprint density at radius 1 is 1.71 bits per heavy atom. The average molecular weight is 120 g/mol.